The van der Waals surface area contributed by atoms with Gasteiger partial charge in [0.2, 0.25) is 5.91 Å². The Balaban J connectivity index is 2.40. The molecule has 0 bridgehead atoms. The van der Waals surface area contributed by atoms with E-state index in [1.165, 1.54) is 19.3 Å². The molecule has 1 saturated heterocycles. The number of nitrogens with two attached hydrogens (primary N) is 1. The third-order valence-electron chi connectivity index (χ3n) is 2.83. The lowest BCUT2D eigenvalue weighted by molar-refractivity contribution is -0.134. The van der Waals surface area contributed by atoms with Crippen molar-refractivity contribution in [1.82, 2.24) is 4.90 Å². The molecule has 4 nitrogen and oxygen atoms in total. The lowest BCUT2D eigenvalue weighted by Crippen LogP contribution is -2.47. The molecule has 0 aromatic heterocycles. The van der Waals surface area contributed by atoms with Crippen molar-refractivity contribution in [2.45, 2.75) is 38.1 Å². The number of carbonyl (C=O) groups is 1. The molecule has 1 heterocycles. The topological polar surface area (TPSA) is 55.6 Å². The van der Waals surface area contributed by atoms with E-state index in [-0.39, 0.29) is 5.91 Å². The Hall–Kier alpha value is -0.610. The summed E-state index contributed by atoms with van der Waals surface area (Å²) in [6.07, 6.45) is 5.95. The van der Waals surface area contributed by atoms with Gasteiger partial charge in [-0.2, -0.15) is 0 Å². The van der Waals surface area contributed by atoms with E-state index in [1.807, 2.05) is 4.90 Å². The second kappa shape index (κ2) is 6.80. The molecule has 0 aromatic rings. The van der Waals surface area contributed by atoms with Crippen molar-refractivity contribution in [3.8, 4) is 0 Å². The quantitative estimate of drug-likeness (QED) is 0.754. The van der Waals surface area contributed by atoms with Crippen molar-refractivity contribution in [3.63, 3.8) is 0 Å². The molecule has 1 unspecified atom stereocenters. The second-order valence-corrected chi connectivity index (χ2v) is 4.15. The van der Waals surface area contributed by atoms with E-state index in [0.717, 1.165) is 25.9 Å². The first kappa shape index (κ1) is 12.5. The largest absolute Gasteiger partial charge is 0.383 e. The highest BCUT2D eigenvalue weighted by molar-refractivity contribution is 5.81. The van der Waals surface area contributed by atoms with E-state index in [0.29, 0.717) is 6.61 Å². The number of nitrogens with zero attached hydrogens (tertiary/aromatic N) is 1. The number of carbonyl (C=O) groups excluding carboxylic acids is 1. The van der Waals surface area contributed by atoms with Gasteiger partial charge in [-0.15, -0.1) is 0 Å². The second-order valence-electron chi connectivity index (χ2n) is 4.15. The van der Waals surface area contributed by atoms with Crippen molar-refractivity contribution in [3.05, 3.63) is 0 Å². The van der Waals surface area contributed by atoms with Crippen molar-refractivity contribution in [1.29, 1.82) is 0 Å². The van der Waals surface area contributed by atoms with Crippen LogP contribution in [0.3, 0.4) is 0 Å². The van der Waals surface area contributed by atoms with Crippen molar-refractivity contribution < 1.29 is 9.53 Å². The zero-order chi connectivity index (χ0) is 11.1. The van der Waals surface area contributed by atoms with Crippen molar-refractivity contribution in [2.24, 2.45) is 5.73 Å². The van der Waals surface area contributed by atoms with Gasteiger partial charge in [0.15, 0.2) is 0 Å². The molecule has 2 N–H and O–H groups in total. The molecule has 1 aliphatic rings. The van der Waals surface area contributed by atoms with E-state index in [2.05, 4.69) is 0 Å². The Morgan fingerprint density at radius 1 is 1.27 bits per heavy atom. The molecular weight excluding hydrogens is 192 g/mol. The lowest BCUT2D eigenvalue weighted by Gasteiger charge is -2.27. The van der Waals surface area contributed by atoms with Crippen LogP contribution in [0.5, 0.6) is 0 Å². The van der Waals surface area contributed by atoms with Gasteiger partial charge in [0.1, 0.15) is 6.04 Å². The van der Waals surface area contributed by atoms with Crippen LogP contribution >= 0.6 is 0 Å². The van der Waals surface area contributed by atoms with Crippen LogP contribution in [-0.4, -0.2) is 43.7 Å². The zero-order valence-electron chi connectivity index (χ0n) is 9.58. The maximum absolute atomic E-state index is 11.9. The zero-order valence-corrected chi connectivity index (χ0v) is 9.58. The minimum atomic E-state index is -0.491. The molecule has 1 amide bonds. The molecular formula is C11H22N2O2. The van der Waals surface area contributed by atoms with Crippen LogP contribution in [0.25, 0.3) is 0 Å². The molecule has 0 aromatic carbocycles. The summed E-state index contributed by atoms with van der Waals surface area (Å²) in [6.45, 7) is 2.03. The van der Waals surface area contributed by atoms with Gasteiger partial charge in [-0.1, -0.05) is 19.3 Å². The first-order valence-corrected chi connectivity index (χ1v) is 5.79. The van der Waals surface area contributed by atoms with Gasteiger partial charge in [0.05, 0.1) is 6.61 Å². The van der Waals surface area contributed by atoms with Crippen LogP contribution in [0, 0.1) is 0 Å². The summed E-state index contributed by atoms with van der Waals surface area (Å²) >= 11 is 0. The molecule has 1 aliphatic heterocycles. The maximum atomic E-state index is 11.9. The predicted octanol–water partition coefficient (Wildman–Crippen LogP) is 0.753. The highest BCUT2D eigenvalue weighted by atomic mass is 16.5. The first-order chi connectivity index (χ1) is 7.25. The van der Waals surface area contributed by atoms with E-state index in [4.69, 9.17) is 10.5 Å². The first-order valence-electron chi connectivity index (χ1n) is 5.79. The van der Waals surface area contributed by atoms with Crippen LogP contribution in [0.4, 0.5) is 0 Å². The van der Waals surface area contributed by atoms with Crippen molar-refractivity contribution in [2.75, 3.05) is 26.8 Å². The number of likely N-dealkylation sites (tertiary alicyclic amines) is 1. The molecule has 0 radical (unpaired) electrons. The van der Waals surface area contributed by atoms with Crippen LogP contribution in [0.2, 0.25) is 0 Å². The number of methoxy groups -OCH3 is 1. The molecule has 88 valence electrons. The van der Waals surface area contributed by atoms with E-state index in [1.54, 1.807) is 7.11 Å². The fourth-order valence-electron chi connectivity index (χ4n) is 1.95. The third-order valence-corrected chi connectivity index (χ3v) is 2.83. The third kappa shape index (κ3) is 4.18. The summed E-state index contributed by atoms with van der Waals surface area (Å²) in [7, 11) is 1.57. The van der Waals surface area contributed by atoms with Gasteiger partial charge in [0.25, 0.3) is 0 Å². The Bertz CT molecular complexity index is 189. The summed E-state index contributed by atoms with van der Waals surface area (Å²) < 4.78 is 4.90. The molecule has 0 aliphatic carbocycles. The predicted molar refractivity (Wildman–Crippen MR) is 59.5 cm³/mol. The van der Waals surface area contributed by atoms with Crippen LogP contribution in [-0.2, 0) is 9.53 Å². The van der Waals surface area contributed by atoms with Gasteiger partial charge in [-0.25, -0.2) is 0 Å². The Kier molecular flexibility index (Phi) is 5.65. The lowest BCUT2D eigenvalue weighted by atomic mass is 10.1. The molecule has 0 spiro atoms. The van der Waals surface area contributed by atoms with Crippen LogP contribution in [0.1, 0.15) is 32.1 Å². The van der Waals surface area contributed by atoms with E-state index >= 15 is 0 Å². The number of hydrogen-bond acceptors (Lipinski definition) is 3. The average molecular weight is 214 g/mol. The van der Waals surface area contributed by atoms with Gasteiger partial charge >= 0.3 is 0 Å². The Morgan fingerprint density at radius 2 is 1.80 bits per heavy atom. The number of ether oxygens (including phenoxy) is 1. The van der Waals surface area contributed by atoms with Gasteiger partial charge < -0.3 is 15.4 Å². The molecule has 1 atom stereocenters. The monoisotopic (exact) mass is 214 g/mol. The van der Waals surface area contributed by atoms with Gasteiger partial charge in [0, 0.05) is 20.2 Å². The van der Waals surface area contributed by atoms with Gasteiger partial charge in [-0.3, -0.25) is 4.79 Å². The Labute approximate surface area is 91.8 Å². The van der Waals surface area contributed by atoms with E-state index in [9.17, 15) is 4.79 Å². The smallest absolute Gasteiger partial charge is 0.241 e. The molecule has 15 heavy (non-hydrogen) atoms. The molecule has 4 heteroatoms. The Morgan fingerprint density at radius 3 is 2.33 bits per heavy atom. The average Bonchev–Trinajstić information content (AvgIpc) is 2.16. The van der Waals surface area contributed by atoms with Crippen molar-refractivity contribution >= 4 is 5.91 Å². The normalized spacial score (nSPS) is 20.5. The summed E-state index contributed by atoms with van der Waals surface area (Å²) in [5.74, 6) is 0.0405. The van der Waals surface area contributed by atoms with E-state index < -0.39 is 6.04 Å². The SMILES string of the molecule is COCC(N)C(=O)N1CCCCCCC1. The number of amides is 1. The summed E-state index contributed by atoms with van der Waals surface area (Å²) in [5, 5.41) is 0. The molecule has 0 saturated carbocycles. The van der Waals surface area contributed by atoms with Gasteiger partial charge in [-0.05, 0) is 12.8 Å². The minimum absolute atomic E-state index is 0.0405. The summed E-state index contributed by atoms with van der Waals surface area (Å²) in [4.78, 5) is 13.8. The fourth-order valence-corrected chi connectivity index (χ4v) is 1.95. The van der Waals surface area contributed by atoms with Crippen LogP contribution < -0.4 is 5.73 Å². The maximum Gasteiger partial charge on any atom is 0.241 e. The minimum Gasteiger partial charge on any atom is -0.383 e. The summed E-state index contributed by atoms with van der Waals surface area (Å²) in [5.41, 5.74) is 5.73. The highest BCUT2D eigenvalue weighted by Crippen LogP contribution is 2.11. The highest BCUT2D eigenvalue weighted by Gasteiger charge is 2.20. The number of rotatable bonds is 3. The molecule has 1 fully saturated rings. The fraction of sp³-hybridized carbons (Fsp3) is 0.909. The number of hydrogen-bond donors (Lipinski definition) is 1. The standard InChI is InChI=1S/C11H22N2O2/c1-15-9-10(12)11(14)13-7-5-3-2-4-6-8-13/h10H,2-9,12H2,1H3. The molecule has 1 rings (SSSR count). The van der Waals surface area contributed by atoms with Crippen LogP contribution in [0.15, 0.2) is 0 Å². The summed E-state index contributed by atoms with van der Waals surface area (Å²) in [6, 6.07) is -0.491.